The molecule has 0 fully saturated rings. The molecule has 0 radical (unpaired) electrons. The number of rotatable bonds is 9. The summed E-state index contributed by atoms with van der Waals surface area (Å²) in [6, 6.07) is 12.3. The van der Waals surface area contributed by atoms with Crippen LogP contribution in [0.15, 0.2) is 48.5 Å². The van der Waals surface area contributed by atoms with Crippen LogP contribution in [0.25, 0.3) is 0 Å². The molecule has 2 amide bonds. The van der Waals surface area contributed by atoms with Gasteiger partial charge >= 0.3 is 0 Å². The smallest absolute Gasteiger partial charge is 0.257 e. The Morgan fingerprint density at radius 2 is 1.57 bits per heavy atom. The summed E-state index contributed by atoms with van der Waals surface area (Å²) in [6.07, 6.45) is 0.743. The second-order valence-corrected chi connectivity index (χ2v) is 7.84. The minimum Gasteiger partial charge on any atom is -0.353 e. The zero-order valence-electron chi connectivity index (χ0n) is 17.8. The highest BCUT2D eigenvalue weighted by Crippen LogP contribution is 2.13. The van der Waals surface area contributed by atoms with Crippen LogP contribution in [0.2, 0.25) is 0 Å². The number of halogens is 2. The quantitative estimate of drug-likeness (QED) is 0.659. The molecule has 0 saturated heterocycles. The standard InChI is InChI=1S/C23H29F2N3O2/c1-15(2)21(27-22(29)20-18(24)11-8-12-19(20)25)23(30)26-14-17(28(3)4)13-16-9-6-5-7-10-16/h5-12,15,17,21H,13-14H2,1-4H3,(H,26,30)(H,27,29). The highest BCUT2D eigenvalue weighted by molar-refractivity contribution is 5.98. The first kappa shape index (κ1) is 23.5. The molecule has 162 valence electrons. The van der Waals surface area contributed by atoms with E-state index >= 15 is 0 Å². The van der Waals surface area contributed by atoms with Crippen molar-refractivity contribution < 1.29 is 18.4 Å². The number of hydrogen-bond acceptors (Lipinski definition) is 3. The van der Waals surface area contributed by atoms with Crippen LogP contribution in [-0.4, -0.2) is 49.4 Å². The number of amides is 2. The van der Waals surface area contributed by atoms with Crippen LogP contribution in [0.5, 0.6) is 0 Å². The van der Waals surface area contributed by atoms with E-state index in [4.69, 9.17) is 0 Å². The van der Waals surface area contributed by atoms with Crippen molar-refractivity contribution in [2.45, 2.75) is 32.4 Å². The van der Waals surface area contributed by atoms with E-state index in [0.717, 1.165) is 24.1 Å². The molecule has 0 heterocycles. The number of nitrogens with zero attached hydrogens (tertiary/aromatic N) is 1. The Hall–Kier alpha value is -2.80. The molecule has 2 unspecified atom stereocenters. The van der Waals surface area contributed by atoms with E-state index in [2.05, 4.69) is 10.6 Å². The van der Waals surface area contributed by atoms with Gasteiger partial charge in [0.15, 0.2) is 0 Å². The molecule has 0 saturated carbocycles. The molecular weight excluding hydrogens is 388 g/mol. The molecule has 7 heteroatoms. The zero-order valence-corrected chi connectivity index (χ0v) is 17.8. The maximum atomic E-state index is 13.9. The second kappa shape index (κ2) is 10.8. The van der Waals surface area contributed by atoms with Gasteiger partial charge in [0.2, 0.25) is 5.91 Å². The van der Waals surface area contributed by atoms with Gasteiger partial charge < -0.3 is 15.5 Å². The van der Waals surface area contributed by atoms with E-state index in [1.165, 1.54) is 6.07 Å². The summed E-state index contributed by atoms with van der Waals surface area (Å²) in [6.45, 7) is 3.89. The van der Waals surface area contributed by atoms with Gasteiger partial charge in [0, 0.05) is 12.6 Å². The Balaban J connectivity index is 2.04. The first-order valence-corrected chi connectivity index (χ1v) is 9.93. The third-order valence-corrected chi connectivity index (χ3v) is 4.98. The van der Waals surface area contributed by atoms with Crippen LogP contribution in [0, 0.1) is 17.6 Å². The third kappa shape index (κ3) is 6.35. The molecule has 0 aliphatic heterocycles. The predicted molar refractivity (Wildman–Crippen MR) is 113 cm³/mol. The van der Waals surface area contributed by atoms with Crippen LogP contribution in [-0.2, 0) is 11.2 Å². The molecule has 2 N–H and O–H groups in total. The Morgan fingerprint density at radius 3 is 2.10 bits per heavy atom. The summed E-state index contributed by atoms with van der Waals surface area (Å²) >= 11 is 0. The van der Waals surface area contributed by atoms with Crippen molar-refractivity contribution in [1.29, 1.82) is 0 Å². The van der Waals surface area contributed by atoms with Gasteiger partial charge in [-0.05, 0) is 44.1 Å². The minimum absolute atomic E-state index is 0.0453. The van der Waals surface area contributed by atoms with Gasteiger partial charge in [-0.2, -0.15) is 0 Å². The van der Waals surface area contributed by atoms with E-state index in [1.807, 2.05) is 49.3 Å². The van der Waals surface area contributed by atoms with Crippen LogP contribution < -0.4 is 10.6 Å². The van der Waals surface area contributed by atoms with Gasteiger partial charge in [-0.3, -0.25) is 9.59 Å². The Bertz CT molecular complexity index is 837. The molecule has 2 aromatic rings. The second-order valence-electron chi connectivity index (χ2n) is 7.84. The van der Waals surface area contributed by atoms with E-state index < -0.39 is 35.1 Å². The topological polar surface area (TPSA) is 61.4 Å². The molecule has 0 aliphatic carbocycles. The van der Waals surface area contributed by atoms with Crippen molar-refractivity contribution in [2.75, 3.05) is 20.6 Å². The van der Waals surface area contributed by atoms with Crippen molar-refractivity contribution in [3.05, 3.63) is 71.3 Å². The molecule has 2 atom stereocenters. The number of likely N-dealkylation sites (N-methyl/N-ethyl adjacent to an activating group) is 1. The molecule has 2 rings (SSSR count). The van der Waals surface area contributed by atoms with E-state index in [9.17, 15) is 18.4 Å². The number of hydrogen-bond donors (Lipinski definition) is 2. The van der Waals surface area contributed by atoms with E-state index in [-0.39, 0.29) is 12.0 Å². The SMILES string of the molecule is CC(C)C(NC(=O)c1c(F)cccc1F)C(=O)NCC(Cc1ccccc1)N(C)C. The molecule has 2 aromatic carbocycles. The first-order chi connectivity index (χ1) is 14.2. The molecule has 0 spiro atoms. The summed E-state index contributed by atoms with van der Waals surface area (Å²) in [7, 11) is 3.87. The summed E-state index contributed by atoms with van der Waals surface area (Å²) in [5.74, 6) is -3.55. The lowest BCUT2D eigenvalue weighted by molar-refractivity contribution is -0.124. The lowest BCUT2D eigenvalue weighted by atomic mass is 10.0. The highest BCUT2D eigenvalue weighted by atomic mass is 19.1. The van der Waals surface area contributed by atoms with Crippen molar-refractivity contribution in [3.8, 4) is 0 Å². The van der Waals surface area contributed by atoms with Crippen LogP contribution >= 0.6 is 0 Å². The number of carbonyl (C=O) groups is 2. The maximum Gasteiger partial charge on any atom is 0.257 e. The van der Waals surface area contributed by atoms with Crippen molar-refractivity contribution >= 4 is 11.8 Å². The average Bonchev–Trinajstić information content (AvgIpc) is 2.69. The van der Waals surface area contributed by atoms with Gasteiger partial charge in [-0.15, -0.1) is 0 Å². The molecule has 0 bridgehead atoms. The Labute approximate surface area is 176 Å². The minimum atomic E-state index is -0.967. The fourth-order valence-corrected chi connectivity index (χ4v) is 3.11. The largest absolute Gasteiger partial charge is 0.353 e. The Morgan fingerprint density at radius 1 is 0.967 bits per heavy atom. The lowest BCUT2D eigenvalue weighted by Gasteiger charge is -2.27. The van der Waals surface area contributed by atoms with Gasteiger partial charge in [0.1, 0.15) is 23.2 Å². The van der Waals surface area contributed by atoms with Gasteiger partial charge in [-0.1, -0.05) is 50.2 Å². The Kier molecular flexibility index (Phi) is 8.47. The van der Waals surface area contributed by atoms with Crippen molar-refractivity contribution in [1.82, 2.24) is 15.5 Å². The summed E-state index contributed by atoms with van der Waals surface area (Å²) in [5.41, 5.74) is 0.459. The van der Waals surface area contributed by atoms with Crippen LogP contribution in [0.3, 0.4) is 0 Å². The fourth-order valence-electron chi connectivity index (χ4n) is 3.11. The van der Waals surface area contributed by atoms with Crippen LogP contribution in [0.4, 0.5) is 8.78 Å². The number of benzene rings is 2. The zero-order chi connectivity index (χ0) is 22.3. The molecule has 5 nitrogen and oxygen atoms in total. The molecular formula is C23H29F2N3O2. The number of nitrogens with one attached hydrogen (secondary N) is 2. The van der Waals surface area contributed by atoms with E-state index in [0.29, 0.717) is 6.54 Å². The lowest BCUT2D eigenvalue weighted by Crippen LogP contribution is -2.52. The van der Waals surface area contributed by atoms with Crippen molar-refractivity contribution in [3.63, 3.8) is 0 Å². The van der Waals surface area contributed by atoms with E-state index in [1.54, 1.807) is 13.8 Å². The summed E-state index contributed by atoms with van der Waals surface area (Å²) in [4.78, 5) is 27.2. The van der Waals surface area contributed by atoms with Gasteiger partial charge in [0.05, 0.1) is 0 Å². The summed E-state index contributed by atoms with van der Waals surface area (Å²) < 4.78 is 27.8. The van der Waals surface area contributed by atoms with Gasteiger partial charge in [0.25, 0.3) is 5.91 Å². The third-order valence-electron chi connectivity index (χ3n) is 4.98. The normalized spacial score (nSPS) is 13.2. The van der Waals surface area contributed by atoms with Gasteiger partial charge in [-0.25, -0.2) is 8.78 Å². The maximum absolute atomic E-state index is 13.9. The average molecular weight is 418 g/mol. The fraction of sp³-hybridized carbons (Fsp3) is 0.391. The molecule has 0 aromatic heterocycles. The van der Waals surface area contributed by atoms with Crippen molar-refractivity contribution in [2.24, 2.45) is 5.92 Å². The first-order valence-electron chi connectivity index (χ1n) is 9.93. The molecule has 30 heavy (non-hydrogen) atoms. The summed E-state index contributed by atoms with van der Waals surface area (Å²) in [5, 5.41) is 5.34. The molecule has 0 aliphatic rings. The monoisotopic (exact) mass is 417 g/mol. The number of carbonyl (C=O) groups excluding carboxylic acids is 2. The highest BCUT2D eigenvalue weighted by Gasteiger charge is 2.27. The van der Waals surface area contributed by atoms with Crippen LogP contribution in [0.1, 0.15) is 29.8 Å². The predicted octanol–water partition coefficient (Wildman–Crippen LogP) is 3.01.